The lowest BCUT2D eigenvalue weighted by atomic mass is 10.1. The Balaban J connectivity index is 1.92. The molecule has 1 amide bonds. The number of hydrogen-bond donors (Lipinski definition) is 3. The second-order valence-electron chi connectivity index (χ2n) is 6.73. The molecular weight excluding hydrogens is 330 g/mol. The Labute approximate surface area is 154 Å². The number of anilines is 2. The van der Waals surface area contributed by atoms with Crippen molar-refractivity contribution in [3.8, 4) is 0 Å². The van der Waals surface area contributed by atoms with Crippen LogP contribution >= 0.6 is 0 Å². The minimum absolute atomic E-state index is 0.0436. The molecule has 0 saturated heterocycles. The molecule has 3 N–H and O–H groups in total. The monoisotopic (exact) mass is 357 g/mol. The molecule has 0 bridgehead atoms. The van der Waals surface area contributed by atoms with E-state index in [0.717, 1.165) is 41.3 Å². The first-order chi connectivity index (χ1) is 12.5. The summed E-state index contributed by atoms with van der Waals surface area (Å²) in [6.45, 7) is 7.89. The quantitative estimate of drug-likeness (QED) is 0.734. The van der Waals surface area contributed by atoms with Crippen LogP contribution in [0.4, 0.5) is 11.5 Å². The predicted octanol–water partition coefficient (Wildman–Crippen LogP) is 1.77. The molecule has 1 aromatic carbocycles. The zero-order valence-corrected chi connectivity index (χ0v) is 15.6. The van der Waals surface area contributed by atoms with Crippen LogP contribution in [0.5, 0.6) is 0 Å². The molecule has 0 radical (unpaired) electrons. The molecule has 7 nitrogen and oxygen atoms in total. The Hall–Kier alpha value is -2.38. The molecule has 0 saturated carbocycles. The van der Waals surface area contributed by atoms with E-state index in [4.69, 9.17) is 0 Å². The van der Waals surface area contributed by atoms with Crippen LogP contribution in [0.2, 0.25) is 0 Å². The Morgan fingerprint density at radius 3 is 2.92 bits per heavy atom. The Morgan fingerprint density at radius 2 is 2.23 bits per heavy atom. The topological polar surface area (TPSA) is 82.4 Å². The van der Waals surface area contributed by atoms with Crippen LogP contribution in [0.15, 0.2) is 24.3 Å². The van der Waals surface area contributed by atoms with Crippen molar-refractivity contribution in [2.45, 2.75) is 46.5 Å². The van der Waals surface area contributed by atoms with Crippen molar-refractivity contribution in [1.82, 2.24) is 20.0 Å². The van der Waals surface area contributed by atoms with E-state index in [2.05, 4.69) is 21.8 Å². The van der Waals surface area contributed by atoms with E-state index in [9.17, 15) is 9.90 Å². The first-order valence-corrected chi connectivity index (χ1v) is 9.09. The van der Waals surface area contributed by atoms with Crippen molar-refractivity contribution < 1.29 is 9.90 Å². The van der Waals surface area contributed by atoms with Crippen LogP contribution in [0.3, 0.4) is 0 Å². The Kier molecular flexibility index (Phi) is 5.58. The van der Waals surface area contributed by atoms with E-state index in [0.29, 0.717) is 13.1 Å². The maximum atomic E-state index is 12.0. The molecule has 1 aliphatic heterocycles. The molecule has 1 aliphatic rings. The number of carbonyl (C=O) groups excluding carboxylic acids is 1. The molecule has 1 unspecified atom stereocenters. The van der Waals surface area contributed by atoms with Crippen LogP contribution in [0, 0.1) is 6.92 Å². The van der Waals surface area contributed by atoms with Gasteiger partial charge >= 0.3 is 0 Å². The van der Waals surface area contributed by atoms with Gasteiger partial charge in [0.25, 0.3) is 0 Å². The van der Waals surface area contributed by atoms with Crippen molar-refractivity contribution in [2.75, 3.05) is 18.4 Å². The number of aromatic nitrogens is 2. The minimum Gasteiger partial charge on any atom is -0.379 e. The van der Waals surface area contributed by atoms with Crippen LogP contribution in [0.25, 0.3) is 0 Å². The smallest absolute Gasteiger partial charge is 0.241 e. The van der Waals surface area contributed by atoms with Gasteiger partial charge in [-0.05, 0) is 38.5 Å². The van der Waals surface area contributed by atoms with Crippen molar-refractivity contribution in [1.29, 1.82) is 0 Å². The Morgan fingerprint density at radius 1 is 1.42 bits per heavy atom. The standard InChI is InChI=1S/C19H27N5O2/c1-4-20-18(26)12-24-17-8-9-23(14(3)25)11-16(17)19(22-24)21-15-7-5-6-13(2)10-15/h5-7,10,14,25H,4,8-9,11-12H2,1-3H3,(H,20,26)(H,21,22). The summed E-state index contributed by atoms with van der Waals surface area (Å²) in [4.78, 5) is 14.0. The predicted molar refractivity (Wildman–Crippen MR) is 101 cm³/mol. The van der Waals surface area contributed by atoms with Crippen LogP contribution < -0.4 is 10.6 Å². The lowest BCUT2D eigenvalue weighted by Gasteiger charge is -2.29. The van der Waals surface area contributed by atoms with Gasteiger partial charge in [-0.2, -0.15) is 5.10 Å². The second kappa shape index (κ2) is 7.88. The van der Waals surface area contributed by atoms with Gasteiger partial charge in [0.15, 0.2) is 5.82 Å². The molecular formula is C19H27N5O2. The fourth-order valence-corrected chi connectivity index (χ4v) is 3.31. The van der Waals surface area contributed by atoms with Gasteiger partial charge in [-0.15, -0.1) is 0 Å². The normalized spacial score (nSPS) is 15.4. The first kappa shape index (κ1) is 18.4. The average molecular weight is 357 g/mol. The maximum Gasteiger partial charge on any atom is 0.241 e. The molecule has 2 heterocycles. The molecule has 7 heteroatoms. The Bertz CT molecular complexity index is 784. The van der Waals surface area contributed by atoms with E-state index in [-0.39, 0.29) is 12.5 Å². The number of nitrogens with zero attached hydrogens (tertiary/aromatic N) is 3. The number of likely N-dealkylation sites (N-methyl/N-ethyl adjacent to an activating group) is 1. The number of rotatable bonds is 6. The number of fused-ring (bicyclic) bond motifs is 1. The number of hydrogen-bond acceptors (Lipinski definition) is 5. The second-order valence-corrected chi connectivity index (χ2v) is 6.73. The number of aliphatic hydroxyl groups is 1. The van der Waals surface area contributed by atoms with Gasteiger partial charge in [0, 0.05) is 43.0 Å². The molecule has 0 aliphatic carbocycles. The number of aryl methyl sites for hydroxylation is 1. The van der Waals surface area contributed by atoms with Gasteiger partial charge < -0.3 is 15.7 Å². The SMILES string of the molecule is CCNC(=O)Cn1nc(Nc2cccc(C)c2)c2c1CCN(C(C)O)C2. The number of benzene rings is 1. The molecule has 0 spiro atoms. The highest BCUT2D eigenvalue weighted by atomic mass is 16.3. The summed E-state index contributed by atoms with van der Waals surface area (Å²) >= 11 is 0. The number of aliphatic hydroxyl groups excluding tert-OH is 1. The van der Waals surface area contributed by atoms with Crippen molar-refractivity contribution in [3.63, 3.8) is 0 Å². The van der Waals surface area contributed by atoms with Crippen LogP contribution in [-0.4, -0.2) is 45.0 Å². The van der Waals surface area contributed by atoms with E-state index in [1.54, 1.807) is 11.6 Å². The molecule has 3 rings (SSSR count). The minimum atomic E-state index is -0.512. The fourth-order valence-electron chi connectivity index (χ4n) is 3.31. The zero-order chi connectivity index (χ0) is 18.7. The molecule has 2 aromatic rings. The highest BCUT2D eigenvalue weighted by Gasteiger charge is 2.27. The third-order valence-corrected chi connectivity index (χ3v) is 4.64. The summed E-state index contributed by atoms with van der Waals surface area (Å²) in [5.74, 6) is 0.707. The molecule has 1 aromatic heterocycles. The molecule has 1 atom stereocenters. The summed E-state index contributed by atoms with van der Waals surface area (Å²) in [6, 6.07) is 8.10. The van der Waals surface area contributed by atoms with Crippen molar-refractivity contribution >= 4 is 17.4 Å². The average Bonchev–Trinajstić information content (AvgIpc) is 2.92. The number of nitrogens with one attached hydrogen (secondary N) is 2. The third-order valence-electron chi connectivity index (χ3n) is 4.64. The highest BCUT2D eigenvalue weighted by molar-refractivity contribution is 5.76. The number of carbonyl (C=O) groups is 1. The summed E-state index contributed by atoms with van der Waals surface area (Å²) in [7, 11) is 0. The van der Waals surface area contributed by atoms with E-state index < -0.39 is 6.23 Å². The van der Waals surface area contributed by atoms with Gasteiger partial charge in [-0.1, -0.05) is 12.1 Å². The van der Waals surface area contributed by atoms with Crippen molar-refractivity contribution in [3.05, 3.63) is 41.1 Å². The lowest BCUT2D eigenvalue weighted by molar-refractivity contribution is -0.121. The zero-order valence-electron chi connectivity index (χ0n) is 15.6. The van der Waals surface area contributed by atoms with Gasteiger partial charge in [0.05, 0.1) is 0 Å². The van der Waals surface area contributed by atoms with Crippen LogP contribution in [-0.2, 0) is 24.3 Å². The largest absolute Gasteiger partial charge is 0.379 e. The molecule has 26 heavy (non-hydrogen) atoms. The summed E-state index contributed by atoms with van der Waals surface area (Å²) in [5, 5.41) is 20.8. The molecule has 140 valence electrons. The van der Waals surface area contributed by atoms with Gasteiger partial charge in [-0.25, -0.2) is 0 Å². The number of amides is 1. The summed E-state index contributed by atoms with van der Waals surface area (Å²) in [6.07, 6.45) is 0.240. The first-order valence-electron chi connectivity index (χ1n) is 9.09. The van der Waals surface area contributed by atoms with Gasteiger partial charge in [0.2, 0.25) is 5.91 Å². The summed E-state index contributed by atoms with van der Waals surface area (Å²) in [5.41, 5.74) is 4.23. The highest BCUT2D eigenvalue weighted by Crippen LogP contribution is 2.29. The maximum absolute atomic E-state index is 12.0. The van der Waals surface area contributed by atoms with Crippen LogP contribution in [0.1, 0.15) is 30.7 Å². The van der Waals surface area contributed by atoms with E-state index >= 15 is 0 Å². The van der Waals surface area contributed by atoms with E-state index in [1.807, 2.05) is 36.9 Å². The van der Waals surface area contributed by atoms with Crippen molar-refractivity contribution in [2.24, 2.45) is 0 Å². The van der Waals surface area contributed by atoms with E-state index in [1.165, 1.54) is 0 Å². The lowest BCUT2D eigenvalue weighted by Crippen LogP contribution is -2.38. The third kappa shape index (κ3) is 4.05. The molecule has 0 fully saturated rings. The van der Waals surface area contributed by atoms with Gasteiger partial charge in [-0.3, -0.25) is 14.4 Å². The van der Waals surface area contributed by atoms with Gasteiger partial charge in [0.1, 0.15) is 12.8 Å². The fraction of sp³-hybridized carbons (Fsp3) is 0.474. The summed E-state index contributed by atoms with van der Waals surface area (Å²) < 4.78 is 1.79.